The first-order valence-electron chi connectivity index (χ1n) is 8.21. The Balaban J connectivity index is 2.19. The molecule has 1 aromatic carbocycles. The van der Waals surface area contributed by atoms with Gasteiger partial charge in [0.15, 0.2) is 0 Å². The van der Waals surface area contributed by atoms with E-state index >= 15 is 0 Å². The van der Waals surface area contributed by atoms with Gasteiger partial charge in [0.05, 0.1) is 12.2 Å². The topological polar surface area (TPSA) is 49.7 Å². The lowest BCUT2D eigenvalue weighted by molar-refractivity contribution is 0.140. The van der Waals surface area contributed by atoms with Crippen LogP contribution in [-0.2, 0) is 5.41 Å². The molecular formula is C20H26O3. The average molecular weight is 314 g/mol. The van der Waals surface area contributed by atoms with Gasteiger partial charge >= 0.3 is 0 Å². The smallest absolute Gasteiger partial charge is 0.132 e. The number of aromatic hydroxyl groups is 1. The molecule has 0 amide bonds. The summed E-state index contributed by atoms with van der Waals surface area (Å²) in [5, 5.41) is 20.2. The molecule has 3 rings (SSSR count). The van der Waals surface area contributed by atoms with Crippen LogP contribution in [0.15, 0.2) is 29.4 Å². The van der Waals surface area contributed by atoms with E-state index in [1.165, 1.54) is 5.57 Å². The third kappa shape index (κ3) is 2.67. The second-order valence-electron chi connectivity index (χ2n) is 8.09. The predicted molar refractivity (Wildman–Crippen MR) is 92.8 cm³/mol. The van der Waals surface area contributed by atoms with Gasteiger partial charge in [-0.25, -0.2) is 0 Å². The number of aliphatic hydroxyl groups excluding tert-OH is 1. The highest BCUT2D eigenvalue weighted by atomic mass is 16.5. The summed E-state index contributed by atoms with van der Waals surface area (Å²) in [4.78, 5) is 0. The summed E-state index contributed by atoms with van der Waals surface area (Å²) in [6.45, 7) is 10.6. The Bertz CT molecular complexity index is 715. The average Bonchev–Trinajstić information content (AvgIpc) is 2.44. The largest absolute Gasteiger partial charge is 0.507 e. The molecule has 0 bridgehead atoms. The van der Waals surface area contributed by atoms with Crippen LogP contribution in [0.5, 0.6) is 11.5 Å². The minimum absolute atomic E-state index is 0.0581. The molecule has 0 saturated heterocycles. The molecule has 0 spiro atoms. The van der Waals surface area contributed by atoms with Crippen molar-refractivity contribution >= 4 is 5.57 Å². The lowest BCUT2D eigenvalue weighted by Gasteiger charge is -2.39. The number of benzene rings is 1. The SMILES string of the molecule is CC1(C)Oc2cc(C(C)(C)C)cc(O)c2C2=C1CC=C(CO)C2. The molecule has 2 aliphatic rings. The van der Waals surface area contributed by atoms with E-state index < -0.39 is 5.60 Å². The standard InChI is InChI=1S/C20H26O3/c1-19(2,3)13-9-16(22)18-14-8-12(11-21)6-7-15(14)20(4,5)23-17(18)10-13/h6,9-10,21-22H,7-8,11H2,1-5H3. The number of rotatable bonds is 1. The normalized spacial score (nSPS) is 19.7. The number of hydrogen-bond donors (Lipinski definition) is 2. The maximum atomic E-state index is 10.7. The summed E-state index contributed by atoms with van der Waals surface area (Å²) >= 11 is 0. The van der Waals surface area contributed by atoms with Crippen molar-refractivity contribution in [3.05, 3.63) is 40.5 Å². The predicted octanol–water partition coefficient (Wildman–Crippen LogP) is 4.33. The molecule has 0 atom stereocenters. The zero-order valence-electron chi connectivity index (χ0n) is 14.7. The Labute approximate surface area is 138 Å². The fraction of sp³-hybridized carbons (Fsp3) is 0.500. The Morgan fingerprint density at radius 2 is 1.91 bits per heavy atom. The number of aliphatic hydroxyl groups is 1. The minimum Gasteiger partial charge on any atom is -0.507 e. The molecule has 2 N–H and O–H groups in total. The van der Waals surface area contributed by atoms with Crippen LogP contribution in [0, 0.1) is 0 Å². The lowest BCUT2D eigenvalue weighted by atomic mass is 9.77. The molecule has 0 aromatic heterocycles. The van der Waals surface area contributed by atoms with Crippen molar-refractivity contribution in [2.24, 2.45) is 0 Å². The van der Waals surface area contributed by atoms with E-state index in [1.54, 1.807) is 0 Å². The van der Waals surface area contributed by atoms with Crippen molar-refractivity contribution in [2.75, 3.05) is 6.61 Å². The number of phenols is 1. The lowest BCUT2D eigenvalue weighted by Crippen LogP contribution is -2.36. The van der Waals surface area contributed by atoms with E-state index in [4.69, 9.17) is 4.74 Å². The Morgan fingerprint density at radius 1 is 1.22 bits per heavy atom. The quantitative estimate of drug-likeness (QED) is 0.759. The first-order valence-corrected chi connectivity index (χ1v) is 8.21. The Morgan fingerprint density at radius 3 is 2.52 bits per heavy atom. The first-order chi connectivity index (χ1) is 10.6. The summed E-state index contributed by atoms with van der Waals surface area (Å²) in [5.41, 5.74) is 4.71. The molecule has 124 valence electrons. The summed E-state index contributed by atoms with van der Waals surface area (Å²) in [6.07, 6.45) is 3.52. The monoisotopic (exact) mass is 314 g/mol. The van der Waals surface area contributed by atoms with Crippen molar-refractivity contribution in [1.82, 2.24) is 0 Å². The van der Waals surface area contributed by atoms with Crippen molar-refractivity contribution in [3.8, 4) is 11.5 Å². The van der Waals surface area contributed by atoms with E-state index in [0.717, 1.165) is 34.4 Å². The van der Waals surface area contributed by atoms with Gasteiger partial charge in [0.1, 0.15) is 17.1 Å². The zero-order valence-corrected chi connectivity index (χ0v) is 14.7. The van der Waals surface area contributed by atoms with Crippen molar-refractivity contribution in [3.63, 3.8) is 0 Å². The van der Waals surface area contributed by atoms with Crippen LogP contribution in [0.3, 0.4) is 0 Å². The van der Waals surface area contributed by atoms with Gasteiger partial charge in [-0.3, -0.25) is 0 Å². The maximum absolute atomic E-state index is 10.7. The van der Waals surface area contributed by atoms with Crippen LogP contribution < -0.4 is 4.74 Å². The molecule has 23 heavy (non-hydrogen) atoms. The second-order valence-corrected chi connectivity index (χ2v) is 8.09. The number of hydrogen-bond acceptors (Lipinski definition) is 3. The number of fused-ring (bicyclic) bond motifs is 2. The van der Waals surface area contributed by atoms with Crippen molar-refractivity contribution < 1.29 is 14.9 Å². The highest BCUT2D eigenvalue weighted by molar-refractivity contribution is 5.83. The van der Waals surface area contributed by atoms with Gasteiger partial charge in [0.25, 0.3) is 0 Å². The van der Waals surface area contributed by atoms with E-state index in [2.05, 4.69) is 46.8 Å². The van der Waals surface area contributed by atoms with Gasteiger partial charge in [-0.05, 0) is 66.5 Å². The molecule has 3 heteroatoms. The number of allylic oxidation sites excluding steroid dienone is 2. The van der Waals surface area contributed by atoms with Crippen LogP contribution in [0.1, 0.15) is 58.6 Å². The van der Waals surface area contributed by atoms with Gasteiger partial charge in [-0.2, -0.15) is 0 Å². The van der Waals surface area contributed by atoms with Crippen LogP contribution in [-0.4, -0.2) is 22.4 Å². The summed E-state index contributed by atoms with van der Waals surface area (Å²) in [7, 11) is 0. The van der Waals surface area contributed by atoms with Crippen molar-refractivity contribution in [2.45, 2.75) is 58.5 Å². The molecule has 1 aliphatic heterocycles. The molecule has 1 aliphatic carbocycles. The second kappa shape index (κ2) is 5.13. The third-order valence-corrected chi connectivity index (χ3v) is 4.91. The van der Waals surface area contributed by atoms with Crippen LogP contribution in [0.25, 0.3) is 5.57 Å². The molecule has 0 unspecified atom stereocenters. The maximum Gasteiger partial charge on any atom is 0.132 e. The molecule has 0 radical (unpaired) electrons. The molecule has 3 nitrogen and oxygen atoms in total. The molecule has 0 fully saturated rings. The molecular weight excluding hydrogens is 288 g/mol. The van der Waals surface area contributed by atoms with E-state index in [0.29, 0.717) is 6.42 Å². The highest BCUT2D eigenvalue weighted by Gasteiger charge is 2.38. The van der Waals surface area contributed by atoms with Crippen LogP contribution in [0.4, 0.5) is 0 Å². The number of phenolic OH excluding ortho intramolecular Hbond substituents is 1. The Hall–Kier alpha value is -1.74. The molecule has 1 aromatic rings. The number of ether oxygens (including phenoxy) is 1. The first kappa shape index (κ1) is 16.1. The highest BCUT2D eigenvalue weighted by Crippen LogP contribution is 2.51. The fourth-order valence-corrected chi connectivity index (χ4v) is 3.50. The summed E-state index contributed by atoms with van der Waals surface area (Å²) in [5.74, 6) is 1.02. The van der Waals surface area contributed by atoms with Crippen molar-refractivity contribution in [1.29, 1.82) is 0 Å². The third-order valence-electron chi connectivity index (χ3n) is 4.91. The van der Waals surface area contributed by atoms with Gasteiger partial charge < -0.3 is 14.9 Å². The van der Waals surface area contributed by atoms with Gasteiger partial charge in [-0.15, -0.1) is 0 Å². The summed E-state index contributed by atoms with van der Waals surface area (Å²) < 4.78 is 6.26. The molecule has 0 saturated carbocycles. The molecule has 1 heterocycles. The summed E-state index contributed by atoms with van der Waals surface area (Å²) in [6, 6.07) is 3.90. The Kier molecular flexibility index (Phi) is 3.60. The van der Waals surface area contributed by atoms with Gasteiger partial charge in [-0.1, -0.05) is 26.8 Å². The van der Waals surface area contributed by atoms with Gasteiger partial charge in [0, 0.05) is 0 Å². The fourth-order valence-electron chi connectivity index (χ4n) is 3.50. The zero-order chi connectivity index (χ0) is 17.0. The van der Waals surface area contributed by atoms with E-state index in [1.807, 2.05) is 6.07 Å². The minimum atomic E-state index is -0.400. The van der Waals surface area contributed by atoms with Crippen LogP contribution >= 0.6 is 0 Å². The van der Waals surface area contributed by atoms with Crippen LogP contribution in [0.2, 0.25) is 0 Å². The van der Waals surface area contributed by atoms with E-state index in [-0.39, 0.29) is 17.8 Å². The van der Waals surface area contributed by atoms with Gasteiger partial charge in [0.2, 0.25) is 0 Å². The van der Waals surface area contributed by atoms with E-state index in [9.17, 15) is 10.2 Å².